The van der Waals surface area contributed by atoms with Gasteiger partial charge in [-0.15, -0.1) is 0 Å². The molecule has 2 heterocycles. The fraction of sp³-hybridized carbons (Fsp3) is 0.857. The number of hydrogen-bond acceptors (Lipinski definition) is 9. The molecule has 0 aromatic heterocycles. The van der Waals surface area contributed by atoms with Crippen LogP contribution in [0.15, 0.2) is 0 Å². The van der Waals surface area contributed by atoms with Gasteiger partial charge in [-0.1, -0.05) is 0 Å². The van der Waals surface area contributed by atoms with Gasteiger partial charge in [0, 0.05) is 13.3 Å². The van der Waals surface area contributed by atoms with E-state index in [9.17, 15) is 35.1 Å². The predicted molar refractivity (Wildman–Crippen MR) is 76.5 cm³/mol. The number of likely N-dealkylation sites (tertiary alicyclic amines) is 1. The summed E-state index contributed by atoms with van der Waals surface area (Å²) in [5.41, 5.74) is -1.82. The van der Waals surface area contributed by atoms with Crippen molar-refractivity contribution in [1.82, 2.24) is 4.90 Å². The van der Waals surface area contributed by atoms with Gasteiger partial charge < -0.3 is 39.9 Å². The van der Waals surface area contributed by atoms with Gasteiger partial charge in [0.25, 0.3) is 0 Å². The van der Waals surface area contributed by atoms with Crippen LogP contribution in [-0.4, -0.2) is 105 Å². The van der Waals surface area contributed by atoms with E-state index in [1.54, 1.807) is 0 Å². The largest absolute Gasteiger partial charge is 0.467 e. The van der Waals surface area contributed by atoms with Crippen molar-refractivity contribution in [2.45, 2.75) is 55.4 Å². The van der Waals surface area contributed by atoms with E-state index in [2.05, 4.69) is 0 Å². The van der Waals surface area contributed by atoms with Crippen molar-refractivity contribution in [2.75, 3.05) is 20.3 Å². The minimum Gasteiger partial charge on any atom is -0.467 e. The average Bonchev–Trinajstić information content (AvgIpc) is 2.91. The van der Waals surface area contributed by atoms with Crippen molar-refractivity contribution in [1.29, 1.82) is 0 Å². The highest BCUT2D eigenvalue weighted by atomic mass is 16.6. The molecular weight excluding hydrogens is 326 g/mol. The molecule has 2 rings (SSSR count). The number of amides is 1. The van der Waals surface area contributed by atoms with E-state index in [1.807, 2.05) is 0 Å². The molecule has 24 heavy (non-hydrogen) atoms. The Bertz CT molecular complexity index is 499. The fourth-order valence-electron chi connectivity index (χ4n) is 3.70. The number of aliphatic hydroxyl groups excluding tert-OH is 5. The smallest absolute Gasteiger partial charge is 0.331 e. The Morgan fingerprint density at radius 3 is 2.29 bits per heavy atom. The van der Waals surface area contributed by atoms with Crippen LogP contribution in [-0.2, 0) is 19.1 Å². The third kappa shape index (κ3) is 2.68. The Balaban J connectivity index is 2.54. The molecular formula is C14H23NO9. The summed E-state index contributed by atoms with van der Waals surface area (Å²) in [6.45, 7) is -0.000569. The molecule has 2 saturated heterocycles. The number of carbonyl (C=O) groups excluding carboxylic acids is 2. The molecule has 1 amide bonds. The number of aliphatic hydroxyl groups is 5. The number of ether oxygens (including phenoxy) is 2. The first-order valence-electron chi connectivity index (χ1n) is 7.55. The SMILES string of the molecule is COC(=O)[C@H]1N(C(C)=O)[C@H](CO)C[C@]12O[C@H](CO)[C@@H](O)[C@H](O)C2O. The molecule has 10 nitrogen and oxygen atoms in total. The fourth-order valence-corrected chi connectivity index (χ4v) is 3.70. The van der Waals surface area contributed by atoms with Crippen LogP contribution < -0.4 is 0 Å². The van der Waals surface area contributed by atoms with E-state index in [-0.39, 0.29) is 6.42 Å². The van der Waals surface area contributed by atoms with Crippen LogP contribution in [0.2, 0.25) is 0 Å². The molecule has 10 heteroatoms. The van der Waals surface area contributed by atoms with Crippen LogP contribution in [0.3, 0.4) is 0 Å². The van der Waals surface area contributed by atoms with Gasteiger partial charge in [-0.25, -0.2) is 4.79 Å². The number of nitrogens with zero attached hydrogens (tertiary/aromatic N) is 1. The van der Waals surface area contributed by atoms with Crippen LogP contribution in [0.1, 0.15) is 13.3 Å². The van der Waals surface area contributed by atoms with Crippen LogP contribution in [0, 0.1) is 0 Å². The summed E-state index contributed by atoms with van der Waals surface area (Å²) in [6.07, 6.45) is -6.48. The molecule has 2 fully saturated rings. The summed E-state index contributed by atoms with van der Waals surface area (Å²) in [5, 5.41) is 49.4. The number of esters is 1. The Morgan fingerprint density at radius 2 is 1.83 bits per heavy atom. The molecule has 7 atom stereocenters. The maximum absolute atomic E-state index is 12.3. The van der Waals surface area contributed by atoms with E-state index in [0.29, 0.717) is 0 Å². The molecule has 0 aromatic carbocycles. The van der Waals surface area contributed by atoms with Crippen LogP contribution >= 0.6 is 0 Å². The Hall–Kier alpha value is -1.30. The van der Waals surface area contributed by atoms with E-state index in [4.69, 9.17) is 9.47 Å². The zero-order valence-electron chi connectivity index (χ0n) is 13.4. The zero-order valence-corrected chi connectivity index (χ0v) is 13.4. The lowest BCUT2D eigenvalue weighted by molar-refractivity contribution is -0.279. The molecule has 0 aromatic rings. The van der Waals surface area contributed by atoms with E-state index < -0.39 is 67.2 Å². The van der Waals surface area contributed by atoms with E-state index >= 15 is 0 Å². The summed E-state index contributed by atoms with van der Waals surface area (Å²) in [7, 11) is 1.09. The first-order chi connectivity index (χ1) is 11.2. The van der Waals surface area contributed by atoms with Gasteiger partial charge in [-0.05, 0) is 0 Å². The Morgan fingerprint density at radius 1 is 1.21 bits per heavy atom. The van der Waals surface area contributed by atoms with Gasteiger partial charge in [-0.3, -0.25) is 4.79 Å². The van der Waals surface area contributed by atoms with Crippen molar-refractivity contribution >= 4 is 11.9 Å². The molecule has 5 N–H and O–H groups in total. The quantitative estimate of drug-likeness (QED) is 0.324. The molecule has 1 unspecified atom stereocenters. The summed E-state index contributed by atoms with van der Waals surface area (Å²) in [4.78, 5) is 25.3. The molecule has 2 aliphatic rings. The third-order valence-corrected chi connectivity index (χ3v) is 4.79. The van der Waals surface area contributed by atoms with Crippen molar-refractivity contribution < 1.29 is 44.6 Å². The lowest BCUT2D eigenvalue weighted by Gasteiger charge is -2.48. The van der Waals surface area contributed by atoms with Gasteiger partial charge in [0.05, 0.1) is 26.4 Å². The van der Waals surface area contributed by atoms with Gasteiger partial charge in [-0.2, -0.15) is 0 Å². The highest BCUT2D eigenvalue weighted by molar-refractivity contribution is 5.86. The van der Waals surface area contributed by atoms with Gasteiger partial charge >= 0.3 is 5.97 Å². The predicted octanol–water partition coefficient (Wildman–Crippen LogP) is -3.65. The molecule has 0 bridgehead atoms. The van der Waals surface area contributed by atoms with Crippen LogP contribution in [0.5, 0.6) is 0 Å². The second-order valence-corrected chi connectivity index (χ2v) is 6.11. The van der Waals surface area contributed by atoms with E-state index in [0.717, 1.165) is 12.0 Å². The molecule has 1 spiro atoms. The number of carbonyl (C=O) groups is 2. The first kappa shape index (κ1) is 19.0. The van der Waals surface area contributed by atoms with Crippen molar-refractivity contribution in [3.63, 3.8) is 0 Å². The standard InChI is InChI=1S/C14H23NO9/c1-6(18)15-7(4-16)3-14(11(15)13(22)23-2)12(21)10(20)9(19)8(5-17)24-14/h7-12,16-17,19-21H,3-5H2,1-2H3/t7-,8+,9+,10-,11+,12?,14-/m0/s1. The average molecular weight is 349 g/mol. The number of hydrogen-bond donors (Lipinski definition) is 5. The maximum atomic E-state index is 12.3. The molecule has 2 aliphatic heterocycles. The highest BCUT2D eigenvalue weighted by Gasteiger charge is 2.66. The first-order valence-corrected chi connectivity index (χ1v) is 7.55. The topological polar surface area (TPSA) is 157 Å². The molecule has 138 valence electrons. The normalized spacial score (nSPS) is 42.4. The molecule has 0 aliphatic carbocycles. The van der Waals surface area contributed by atoms with Crippen molar-refractivity contribution in [2.24, 2.45) is 0 Å². The van der Waals surface area contributed by atoms with Gasteiger partial charge in [0.15, 0.2) is 6.04 Å². The minimum absolute atomic E-state index is 0.176. The van der Waals surface area contributed by atoms with Gasteiger partial charge in [0.2, 0.25) is 5.91 Å². The van der Waals surface area contributed by atoms with Crippen LogP contribution in [0.25, 0.3) is 0 Å². The van der Waals surface area contributed by atoms with Crippen molar-refractivity contribution in [3.8, 4) is 0 Å². The van der Waals surface area contributed by atoms with E-state index in [1.165, 1.54) is 6.92 Å². The van der Waals surface area contributed by atoms with Gasteiger partial charge in [0.1, 0.15) is 30.0 Å². The van der Waals surface area contributed by atoms with Crippen molar-refractivity contribution in [3.05, 3.63) is 0 Å². The second kappa shape index (κ2) is 6.90. The lowest BCUT2D eigenvalue weighted by Crippen LogP contribution is -2.70. The third-order valence-electron chi connectivity index (χ3n) is 4.79. The number of rotatable bonds is 3. The summed E-state index contributed by atoms with van der Waals surface area (Å²) < 4.78 is 10.3. The lowest BCUT2D eigenvalue weighted by atomic mass is 9.79. The molecule has 0 saturated carbocycles. The minimum atomic E-state index is -1.82. The van der Waals surface area contributed by atoms with Crippen LogP contribution in [0.4, 0.5) is 0 Å². The second-order valence-electron chi connectivity index (χ2n) is 6.11. The maximum Gasteiger partial charge on any atom is 0.331 e. The molecule has 0 radical (unpaired) electrons. The monoisotopic (exact) mass is 349 g/mol. The zero-order chi connectivity index (χ0) is 18.2. The Labute approximate surface area is 138 Å². The number of methoxy groups -OCH3 is 1. The summed E-state index contributed by atoms with van der Waals surface area (Å²) >= 11 is 0. The highest BCUT2D eigenvalue weighted by Crippen LogP contribution is 2.45. The Kier molecular flexibility index (Phi) is 5.47. The summed E-state index contributed by atoms with van der Waals surface area (Å²) in [5.74, 6) is -1.46. The summed E-state index contributed by atoms with van der Waals surface area (Å²) in [6, 6.07) is -2.30.